The van der Waals surface area contributed by atoms with Crippen LogP contribution < -0.4 is 10.6 Å². The Balaban J connectivity index is 1.67. The molecule has 0 radical (unpaired) electrons. The molecule has 100 valence electrons. The SMILES string of the molecule is CCNc1cccc(NCCCC2CCCC2)n1. The van der Waals surface area contributed by atoms with E-state index in [-0.39, 0.29) is 0 Å². The number of anilines is 2. The highest BCUT2D eigenvalue weighted by Crippen LogP contribution is 2.28. The molecule has 1 aliphatic rings. The Bertz CT molecular complexity index is 345. The molecule has 0 aliphatic heterocycles. The highest BCUT2D eigenvalue weighted by atomic mass is 15.1. The summed E-state index contributed by atoms with van der Waals surface area (Å²) in [7, 11) is 0. The van der Waals surface area contributed by atoms with Crippen molar-refractivity contribution in [3.05, 3.63) is 18.2 Å². The van der Waals surface area contributed by atoms with Crippen LogP contribution in [0.25, 0.3) is 0 Å². The third kappa shape index (κ3) is 4.21. The average Bonchev–Trinajstić information content (AvgIpc) is 2.89. The van der Waals surface area contributed by atoms with E-state index >= 15 is 0 Å². The van der Waals surface area contributed by atoms with Crippen molar-refractivity contribution in [1.82, 2.24) is 4.98 Å². The Hall–Kier alpha value is -1.25. The standard InChI is InChI=1S/C15H25N3/c1-2-16-14-10-5-11-15(18-14)17-12-6-9-13-7-3-4-8-13/h5,10-11,13H,2-4,6-9,12H2,1H3,(H2,16,17,18). The molecule has 1 aliphatic carbocycles. The maximum absolute atomic E-state index is 4.51. The van der Waals surface area contributed by atoms with Crippen molar-refractivity contribution in [2.24, 2.45) is 5.92 Å². The van der Waals surface area contributed by atoms with Crippen LogP contribution in [0, 0.1) is 5.92 Å². The molecule has 1 fully saturated rings. The minimum Gasteiger partial charge on any atom is -0.370 e. The maximum atomic E-state index is 4.51. The minimum absolute atomic E-state index is 0.915. The number of nitrogens with one attached hydrogen (secondary N) is 2. The third-order valence-electron chi connectivity index (χ3n) is 3.68. The molecule has 0 saturated heterocycles. The second kappa shape index (κ2) is 7.24. The van der Waals surface area contributed by atoms with Gasteiger partial charge in [0.15, 0.2) is 0 Å². The van der Waals surface area contributed by atoms with E-state index in [2.05, 4.69) is 22.5 Å². The lowest BCUT2D eigenvalue weighted by atomic mass is 10.0. The molecule has 0 spiro atoms. The topological polar surface area (TPSA) is 37.0 Å². The molecule has 0 unspecified atom stereocenters. The zero-order valence-corrected chi connectivity index (χ0v) is 11.4. The second-order valence-electron chi connectivity index (χ2n) is 5.16. The Morgan fingerprint density at radius 2 is 1.89 bits per heavy atom. The summed E-state index contributed by atoms with van der Waals surface area (Å²) < 4.78 is 0. The van der Waals surface area contributed by atoms with Crippen LogP contribution in [0.3, 0.4) is 0 Å². The summed E-state index contributed by atoms with van der Waals surface area (Å²) in [6.07, 6.45) is 8.44. The predicted molar refractivity (Wildman–Crippen MR) is 78.1 cm³/mol. The highest BCUT2D eigenvalue weighted by molar-refractivity contribution is 5.44. The normalized spacial score (nSPS) is 15.8. The summed E-state index contributed by atoms with van der Waals surface area (Å²) in [6.45, 7) is 4.04. The molecule has 3 nitrogen and oxygen atoms in total. The summed E-state index contributed by atoms with van der Waals surface area (Å²) in [5.41, 5.74) is 0. The molecular formula is C15H25N3. The van der Waals surface area contributed by atoms with E-state index in [9.17, 15) is 0 Å². The molecule has 1 saturated carbocycles. The highest BCUT2D eigenvalue weighted by Gasteiger charge is 2.13. The third-order valence-corrected chi connectivity index (χ3v) is 3.68. The number of aromatic nitrogens is 1. The van der Waals surface area contributed by atoms with Crippen LogP contribution >= 0.6 is 0 Å². The second-order valence-corrected chi connectivity index (χ2v) is 5.16. The molecule has 2 rings (SSSR count). The molecule has 1 aromatic rings. The molecule has 1 heterocycles. The summed E-state index contributed by atoms with van der Waals surface area (Å²) in [4.78, 5) is 4.51. The molecule has 18 heavy (non-hydrogen) atoms. The maximum Gasteiger partial charge on any atom is 0.128 e. The van der Waals surface area contributed by atoms with Crippen LogP contribution in [0.2, 0.25) is 0 Å². The predicted octanol–water partition coefficient (Wildman–Crippen LogP) is 3.90. The van der Waals surface area contributed by atoms with Crippen LogP contribution in [-0.2, 0) is 0 Å². The first-order chi connectivity index (χ1) is 8.88. The first-order valence-electron chi connectivity index (χ1n) is 7.33. The number of hydrogen-bond donors (Lipinski definition) is 2. The van der Waals surface area contributed by atoms with Crippen LogP contribution in [0.4, 0.5) is 11.6 Å². The molecule has 0 atom stereocenters. The van der Waals surface area contributed by atoms with Crippen molar-refractivity contribution in [2.75, 3.05) is 23.7 Å². The fourth-order valence-corrected chi connectivity index (χ4v) is 2.72. The van der Waals surface area contributed by atoms with E-state index < -0.39 is 0 Å². The fraction of sp³-hybridized carbons (Fsp3) is 0.667. The van der Waals surface area contributed by atoms with Gasteiger partial charge in [-0.15, -0.1) is 0 Å². The Labute approximate surface area is 110 Å². The van der Waals surface area contributed by atoms with Gasteiger partial charge in [-0.05, 0) is 37.8 Å². The van der Waals surface area contributed by atoms with Gasteiger partial charge in [0.05, 0.1) is 0 Å². The van der Waals surface area contributed by atoms with Gasteiger partial charge in [0, 0.05) is 13.1 Å². The van der Waals surface area contributed by atoms with Crippen molar-refractivity contribution in [1.29, 1.82) is 0 Å². The van der Waals surface area contributed by atoms with Gasteiger partial charge in [-0.2, -0.15) is 0 Å². The Morgan fingerprint density at radius 1 is 1.17 bits per heavy atom. The lowest BCUT2D eigenvalue weighted by molar-refractivity contribution is 0.491. The number of rotatable bonds is 7. The summed E-state index contributed by atoms with van der Waals surface area (Å²) in [6, 6.07) is 6.09. The monoisotopic (exact) mass is 247 g/mol. The summed E-state index contributed by atoms with van der Waals surface area (Å²) >= 11 is 0. The number of pyridine rings is 1. The van der Waals surface area contributed by atoms with Gasteiger partial charge in [-0.3, -0.25) is 0 Å². The van der Waals surface area contributed by atoms with E-state index in [1.807, 2.05) is 18.2 Å². The molecular weight excluding hydrogens is 222 g/mol. The van der Waals surface area contributed by atoms with Crippen molar-refractivity contribution < 1.29 is 0 Å². The van der Waals surface area contributed by atoms with E-state index in [0.29, 0.717) is 0 Å². The summed E-state index contributed by atoms with van der Waals surface area (Å²) in [5.74, 6) is 2.94. The minimum atomic E-state index is 0.915. The first kappa shape index (κ1) is 13.2. The van der Waals surface area contributed by atoms with E-state index in [0.717, 1.165) is 30.6 Å². The molecule has 0 bridgehead atoms. The number of hydrogen-bond acceptors (Lipinski definition) is 3. The van der Waals surface area contributed by atoms with Crippen molar-refractivity contribution in [3.8, 4) is 0 Å². The molecule has 3 heteroatoms. The molecule has 2 N–H and O–H groups in total. The smallest absolute Gasteiger partial charge is 0.128 e. The van der Waals surface area contributed by atoms with Gasteiger partial charge < -0.3 is 10.6 Å². The van der Waals surface area contributed by atoms with Gasteiger partial charge in [0.2, 0.25) is 0 Å². The fourth-order valence-electron chi connectivity index (χ4n) is 2.72. The van der Waals surface area contributed by atoms with Crippen LogP contribution in [0.5, 0.6) is 0 Å². The summed E-state index contributed by atoms with van der Waals surface area (Å²) in [5, 5.41) is 6.65. The molecule has 1 aromatic heterocycles. The zero-order valence-electron chi connectivity index (χ0n) is 11.4. The van der Waals surface area contributed by atoms with Gasteiger partial charge in [0.1, 0.15) is 11.6 Å². The van der Waals surface area contributed by atoms with Crippen molar-refractivity contribution in [2.45, 2.75) is 45.4 Å². The van der Waals surface area contributed by atoms with E-state index in [1.165, 1.54) is 38.5 Å². The number of nitrogens with zero attached hydrogens (tertiary/aromatic N) is 1. The van der Waals surface area contributed by atoms with E-state index in [1.54, 1.807) is 0 Å². The van der Waals surface area contributed by atoms with Crippen LogP contribution in [0.15, 0.2) is 18.2 Å². The Kier molecular flexibility index (Phi) is 5.31. The van der Waals surface area contributed by atoms with Crippen molar-refractivity contribution >= 4 is 11.6 Å². The average molecular weight is 247 g/mol. The van der Waals surface area contributed by atoms with Crippen LogP contribution in [-0.4, -0.2) is 18.1 Å². The molecule has 0 aromatic carbocycles. The van der Waals surface area contributed by atoms with Crippen molar-refractivity contribution in [3.63, 3.8) is 0 Å². The van der Waals surface area contributed by atoms with Gasteiger partial charge >= 0.3 is 0 Å². The Morgan fingerprint density at radius 3 is 2.61 bits per heavy atom. The quantitative estimate of drug-likeness (QED) is 0.718. The van der Waals surface area contributed by atoms with Gasteiger partial charge in [0.25, 0.3) is 0 Å². The van der Waals surface area contributed by atoms with E-state index in [4.69, 9.17) is 0 Å². The largest absolute Gasteiger partial charge is 0.370 e. The van der Waals surface area contributed by atoms with Gasteiger partial charge in [-0.1, -0.05) is 31.7 Å². The molecule has 0 amide bonds. The first-order valence-corrected chi connectivity index (χ1v) is 7.33. The lowest BCUT2D eigenvalue weighted by Crippen LogP contribution is -2.07. The lowest BCUT2D eigenvalue weighted by Gasteiger charge is -2.10. The zero-order chi connectivity index (χ0) is 12.6. The van der Waals surface area contributed by atoms with Crippen LogP contribution in [0.1, 0.15) is 45.4 Å². The van der Waals surface area contributed by atoms with Gasteiger partial charge in [-0.25, -0.2) is 4.98 Å².